The summed E-state index contributed by atoms with van der Waals surface area (Å²) in [6, 6.07) is 11.3. The predicted octanol–water partition coefficient (Wildman–Crippen LogP) is 3.55. The monoisotopic (exact) mass is 496 g/mol. The van der Waals surface area contributed by atoms with Gasteiger partial charge in [-0.3, -0.25) is 4.79 Å². The van der Waals surface area contributed by atoms with Gasteiger partial charge in [-0.25, -0.2) is 19.2 Å². The summed E-state index contributed by atoms with van der Waals surface area (Å²) in [5.74, 6) is -3.71. The molecule has 3 rings (SSSR count). The molecule has 1 saturated carbocycles. The maximum atomic E-state index is 12.4. The first-order chi connectivity index (χ1) is 17.3. The number of carbonyl (C=O) groups excluding carboxylic acids is 4. The van der Waals surface area contributed by atoms with Crippen molar-refractivity contribution >= 4 is 29.8 Å². The van der Waals surface area contributed by atoms with Gasteiger partial charge < -0.3 is 24.1 Å². The van der Waals surface area contributed by atoms with Crippen LogP contribution >= 0.6 is 0 Å². The van der Waals surface area contributed by atoms with Crippen molar-refractivity contribution in [1.29, 1.82) is 0 Å². The molecule has 0 unspecified atom stereocenters. The molecule has 0 aliphatic heterocycles. The third kappa shape index (κ3) is 7.26. The van der Waals surface area contributed by atoms with E-state index in [1.165, 1.54) is 48.5 Å². The van der Waals surface area contributed by atoms with Crippen LogP contribution in [0.1, 0.15) is 56.8 Å². The van der Waals surface area contributed by atoms with E-state index in [9.17, 15) is 24.0 Å². The normalized spacial score (nSPS) is 16.8. The first-order valence-corrected chi connectivity index (χ1v) is 11.1. The Morgan fingerprint density at radius 3 is 1.86 bits per heavy atom. The van der Waals surface area contributed by atoms with Crippen molar-refractivity contribution in [2.24, 2.45) is 5.92 Å². The van der Waals surface area contributed by atoms with Gasteiger partial charge in [-0.15, -0.1) is 0 Å². The quantitative estimate of drug-likeness (QED) is 0.237. The van der Waals surface area contributed by atoms with Crippen molar-refractivity contribution < 1.29 is 48.0 Å². The molecule has 0 amide bonds. The molecule has 0 heterocycles. The average Bonchev–Trinajstić information content (AvgIpc) is 2.89. The molecule has 1 aliphatic rings. The molecular formula is C26H24O10. The van der Waals surface area contributed by atoms with Crippen LogP contribution in [-0.4, -0.2) is 47.8 Å². The van der Waals surface area contributed by atoms with Gasteiger partial charge >= 0.3 is 29.8 Å². The lowest BCUT2D eigenvalue weighted by atomic mass is 9.87. The third-order valence-electron chi connectivity index (χ3n) is 5.51. The van der Waals surface area contributed by atoms with E-state index in [1.54, 1.807) is 0 Å². The zero-order valence-electron chi connectivity index (χ0n) is 19.2. The van der Waals surface area contributed by atoms with E-state index in [0.717, 1.165) is 6.08 Å². The van der Waals surface area contributed by atoms with Gasteiger partial charge in [-0.05, 0) is 74.2 Å². The average molecular weight is 496 g/mol. The van der Waals surface area contributed by atoms with Crippen LogP contribution in [0.5, 0.6) is 5.75 Å². The summed E-state index contributed by atoms with van der Waals surface area (Å²) >= 11 is 0. The van der Waals surface area contributed by atoms with Crippen LogP contribution in [0.15, 0.2) is 61.2 Å². The highest BCUT2D eigenvalue weighted by atomic mass is 16.7. The van der Waals surface area contributed by atoms with Crippen LogP contribution in [0.3, 0.4) is 0 Å². The highest BCUT2D eigenvalue weighted by Crippen LogP contribution is 2.27. The van der Waals surface area contributed by atoms with Gasteiger partial charge in [0.15, 0.2) is 0 Å². The number of esters is 4. The Morgan fingerprint density at radius 2 is 1.31 bits per heavy atom. The second-order valence-corrected chi connectivity index (χ2v) is 7.93. The second-order valence-electron chi connectivity index (χ2n) is 7.93. The smallest absolute Gasteiger partial charge is 0.343 e. The Kier molecular flexibility index (Phi) is 8.93. The fourth-order valence-corrected chi connectivity index (χ4v) is 3.50. The lowest BCUT2D eigenvalue weighted by molar-refractivity contribution is -0.146. The summed E-state index contributed by atoms with van der Waals surface area (Å²) < 4.78 is 20.1. The van der Waals surface area contributed by atoms with E-state index in [4.69, 9.17) is 19.3 Å². The topological polar surface area (TPSA) is 142 Å². The fraction of sp³-hybridized carbons (Fsp3) is 0.269. The minimum Gasteiger partial charge on any atom is -0.481 e. The first kappa shape index (κ1) is 26.1. The summed E-state index contributed by atoms with van der Waals surface area (Å²) in [7, 11) is 0. The molecule has 10 heteroatoms. The first-order valence-electron chi connectivity index (χ1n) is 11.1. The van der Waals surface area contributed by atoms with Crippen molar-refractivity contribution in [2.75, 3.05) is 6.79 Å². The summed E-state index contributed by atoms with van der Waals surface area (Å²) in [6.07, 6.45) is 2.54. The molecule has 0 spiro atoms. The maximum Gasteiger partial charge on any atom is 0.343 e. The zero-order valence-corrected chi connectivity index (χ0v) is 19.2. The SMILES string of the molecule is C=CC(=O)OCOC(=O)c1ccc(C(=O)Oc2ccc(C(=O)OC3CCC(C(=O)O)CC3)cc2)cc1. The second kappa shape index (κ2) is 12.3. The molecular weight excluding hydrogens is 472 g/mol. The van der Waals surface area contributed by atoms with Gasteiger partial charge in [0.1, 0.15) is 11.9 Å². The lowest BCUT2D eigenvalue weighted by Gasteiger charge is -2.25. The number of hydrogen-bond acceptors (Lipinski definition) is 9. The van der Waals surface area contributed by atoms with E-state index in [-0.39, 0.29) is 28.5 Å². The highest BCUT2D eigenvalue weighted by Gasteiger charge is 2.28. The van der Waals surface area contributed by atoms with E-state index < -0.39 is 42.6 Å². The van der Waals surface area contributed by atoms with Crippen molar-refractivity contribution in [3.63, 3.8) is 0 Å². The van der Waals surface area contributed by atoms with Crippen molar-refractivity contribution in [1.82, 2.24) is 0 Å². The van der Waals surface area contributed by atoms with Crippen molar-refractivity contribution in [3.8, 4) is 5.75 Å². The third-order valence-corrected chi connectivity index (χ3v) is 5.51. The number of benzene rings is 2. The van der Waals surface area contributed by atoms with Crippen LogP contribution in [0, 0.1) is 5.92 Å². The van der Waals surface area contributed by atoms with E-state index in [2.05, 4.69) is 11.3 Å². The van der Waals surface area contributed by atoms with Gasteiger partial charge in [0.2, 0.25) is 6.79 Å². The Hall–Kier alpha value is -4.47. The van der Waals surface area contributed by atoms with Crippen molar-refractivity contribution in [2.45, 2.75) is 31.8 Å². The van der Waals surface area contributed by atoms with Crippen LogP contribution in [-0.2, 0) is 23.8 Å². The van der Waals surface area contributed by atoms with E-state index in [0.29, 0.717) is 25.7 Å². The minimum atomic E-state index is -0.827. The van der Waals surface area contributed by atoms with Gasteiger partial charge in [0, 0.05) is 6.08 Å². The molecule has 1 fully saturated rings. The fourth-order valence-electron chi connectivity index (χ4n) is 3.50. The summed E-state index contributed by atoms with van der Waals surface area (Å²) in [4.78, 5) is 58.7. The van der Waals surface area contributed by atoms with E-state index >= 15 is 0 Å². The number of carbonyl (C=O) groups is 5. The Labute approximate surface area is 206 Å². The maximum absolute atomic E-state index is 12.4. The molecule has 0 atom stereocenters. The number of ether oxygens (including phenoxy) is 4. The summed E-state index contributed by atoms with van der Waals surface area (Å²) in [5.41, 5.74) is 0.586. The predicted molar refractivity (Wildman–Crippen MR) is 123 cm³/mol. The lowest BCUT2D eigenvalue weighted by Crippen LogP contribution is -2.27. The van der Waals surface area contributed by atoms with Gasteiger partial charge in [0.25, 0.3) is 0 Å². The number of aliphatic carboxylic acids is 1. The molecule has 0 bridgehead atoms. The molecule has 2 aromatic rings. The van der Waals surface area contributed by atoms with Gasteiger partial charge in [0.05, 0.1) is 22.6 Å². The molecule has 10 nitrogen and oxygen atoms in total. The summed E-state index contributed by atoms with van der Waals surface area (Å²) in [6.45, 7) is 2.65. The summed E-state index contributed by atoms with van der Waals surface area (Å²) in [5, 5.41) is 9.05. The number of hydrogen-bond donors (Lipinski definition) is 1. The molecule has 1 aliphatic carbocycles. The van der Waals surface area contributed by atoms with Gasteiger partial charge in [-0.2, -0.15) is 0 Å². The van der Waals surface area contributed by atoms with Crippen LogP contribution in [0.25, 0.3) is 0 Å². The molecule has 0 aromatic heterocycles. The molecule has 1 N–H and O–H groups in total. The molecule has 188 valence electrons. The Bertz CT molecular complexity index is 1130. The molecule has 0 radical (unpaired) electrons. The number of carboxylic acids is 1. The molecule has 36 heavy (non-hydrogen) atoms. The largest absolute Gasteiger partial charge is 0.481 e. The van der Waals surface area contributed by atoms with Crippen LogP contribution in [0.2, 0.25) is 0 Å². The minimum absolute atomic E-state index is 0.139. The van der Waals surface area contributed by atoms with Crippen LogP contribution < -0.4 is 4.74 Å². The van der Waals surface area contributed by atoms with E-state index in [1.807, 2.05) is 0 Å². The Morgan fingerprint density at radius 1 is 0.778 bits per heavy atom. The highest BCUT2D eigenvalue weighted by molar-refractivity contribution is 5.94. The zero-order chi connectivity index (χ0) is 26.1. The Balaban J connectivity index is 1.48. The number of carboxylic acid groups (broad SMARTS) is 1. The number of rotatable bonds is 9. The molecule has 2 aromatic carbocycles. The molecule has 0 saturated heterocycles. The van der Waals surface area contributed by atoms with Gasteiger partial charge in [-0.1, -0.05) is 6.58 Å². The standard InChI is InChI=1S/C26H24O10/c1-2-22(27)33-15-34-24(30)17-3-5-18(6-4-17)25(31)36-21-13-9-19(10-14-21)26(32)35-20-11-7-16(8-12-20)23(28)29/h2-6,9-10,13-14,16,20H,1,7-8,11-12,15H2,(H,28,29). The van der Waals surface area contributed by atoms with Crippen LogP contribution in [0.4, 0.5) is 0 Å². The van der Waals surface area contributed by atoms with Crippen molar-refractivity contribution in [3.05, 3.63) is 77.9 Å².